The van der Waals surface area contributed by atoms with Gasteiger partial charge in [-0.1, -0.05) is 18.2 Å². The highest BCUT2D eigenvalue weighted by Gasteiger charge is 2.35. The highest BCUT2D eigenvalue weighted by molar-refractivity contribution is 5.71. The Kier molecular flexibility index (Phi) is 4.21. The molecule has 2 aliphatic heterocycles. The van der Waals surface area contributed by atoms with E-state index in [1.165, 1.54) is 19.3 Å². The van der Waals surface area contributed by atoms with Crippen LogP contribution < -0.4 is 10.1 Å². The highest BCUT2D eigenvalue weighted by Crippen LogP contribution is 2.25. The lowest BCUT2D eigenvalue weighted by molar-refractivity contribution is 0.0993. The van der Waals surface area contributed by atoms with Gasteiger partial charge < -0.3 is 15.0 Å². The van der Waals surface area contributed by atoms with E-state index in [1.54, 1.807) is 0 Å². The second kappa shape index (κ2) is 6.27. The van der Waals surface area contributed by atoms with Crippen LogP contribution in [0.15, 0.2) is 30.3 Å². The standard InChI is InChI=1S/C16H22N2O2/c19-16(20-13-7-2-1-3-8-13)18-12-5-4-10-15(18)14-9-6-11-17-14/h1-3,7-8,14-15,17H,4-6,9-12H2. The summed E-state index contributed by atoms with van der Waals surface area (Å²) in [7, 11) is 0. The number of ether oxygens (including phenoxy) is 1. The summed E-state index contributed by atoms with van der Waals surface area (Å²) in [5.41, 5.74) is 0. The maximum Gasteiger partial charge on any atom is 0.415 e. The molecule has 0 saturated carbocycles. The molecule has 4 nitrogen and oxygen atoms in total. The quantitative estimate of drug-likeness (QED) is 0.901. The molecule has 2 atom stereocenters. The molecule has 0 aliphatic carbocycles. The van der Waals surface area contributed by atoms with Crippen LogP contribution in [0.2, 0.25) is 0 Å². The van der Waals surface area contributed by atoms with E-state index in [2.05, 4.69) is 5.32 Å². The van der Waals surface area contributed by atoms with E-state index in [4.69, 9.17) is 4.74 Å². The van der Waals surface area contributed by atoms with Crippen LogP contribution in [0.5, 0.6) is 5.75 Å². The van der Waals surface area contributed by atoms with E-state index in [1.807, 2.05) is 35.2 Å². The fourth-order valence-corrected chi connectivity index (χ4v) is 3.29. The first-order valence-corrected chi connectivity index (χ1v) is 7.61. The van der Waals surface area contributed by atoms with Crippen molar-refractivity contribution in [3.63, 3.8) is 0 Å². The number of amides is 1. The fraction of sp³-hybridized carbons (Fsp3) is 0.562. The Hall–Kier alpha value is -1.55. The monoisotopic (exact) mass is 274 g/mol. The fourth-order valence-electron chi connectivity index (χ4n) is 3.29. The van der Waals surface area contributed by atoms with E-state index in [0.717, 1.165) is 25.9 Å². The molecule has 108 valence electrons. The second-order valence-electron chi connectivity index (χ2n) is 5.64. The lowest BCUT2D eigenvalue weighted by Gasteiger charge is -2.38. The summed E-state index contributed by atoms with van der Waals surface area (Å²) in [5.74, 6) is 0.626. The third kappa shape index (κ3) is 2.96. The SMILES string of the molecule is O=C(Oc1ccccc1)N1CCCCC1C1CCCN1. The van der Waals surface area contributed by atoms with Gasteiger partial charge in [-0.15, -0.1) is 0 Å². The van der Waals surface area contributed by atoms with Gasteiger partial charge in [-0.2, -0.15) is 0 Å². The van der Waals surface area contributed by atoms with Crippen LogP contribution in [-0.2, 0) is 0 Å². The first-order valence-electron chi connectivity index (χ1n) is 7.61. The first-order chi connectivity index (χ1) is 9.84. The summed E-state index contributed by atoms with van der Waals surface area (Å²) in [4.78, 5) is 14.3. The predicted molar refractivity (Wildman–Crippen MR) is 77.8 cm³/mol. The minimum atomic E-state index is -0.199. The van der Waals surface area contributed by atoms with Crippen molar-refractivity contribution in [1.29, 1.82) is 0 Å². The molecule has 4 heteroatoms. The van der Waals surface area contributed by atoms with E-state index in [-0.39, 0.29) is 6.09 Å². The van der Waals surface area contributed by atoms with E-state index in [0.29, 0.717) is 17.8 Å². The number of hydrogen-bond donors (Lipinski definition) is 1. The summed E-state index contributed by atoms with van der Waals surface area (Å²) < 4.78 is 5.50. The Bertz CT molecular complexity index is 443. The van der Waals surface area contributed by atoms with Gasteiger partial charge in [-0.05, 0) is 50.8 Å². The Morgan fingerprint density at radius 1 is 1.15 bits per heavy atom. The molecule has 1 aromatic carbocycles. The number of hydrogen-bond acceptors (Lipinski definition) is 3. The molecular weight excluding hydrogens is 252 g/mol. The van der Waals surface area contributed by atoms with Gasteiger partial charge in [0.15, 0.2) is 0 Å². The summed E-state index contributed by atoms with van der Waals surface area (Å²) in [5, 5.41) is 3.53. The average molecular weight is 274 g/mol. The molecule has 20 heavy (non-hydrogen) atoms. The number of likely N-dealkylation sites (tertiary alicyclic amines) is 1. The van der Waals surface area contributed by atoms with Crippen LogP contribution in [0.3, 0.4) is 0 Å². The predicted octanol–water partition coefficient (Wildman–Crippen LogP) is 2.79. The summed E-state index contributed by atoms with van der Waals surface area (Å²) in [6.07, 6.45) is 5.55. The molecule has 2 unspecified atom stereocenters. The van der Waals surface area contributed by atoms with Crippen molar-refractivity contribution in [2.75, 3.05) is 13.1 Å². The summed E-state index contributed by atoms with van der Waals surface area (Å²) >= 11 is 0. The van der Waals surface area contributed by atoms with Crippen LogP contribution in [0.25, 0.3) is 0 Å². The maximum absolute atomic E-state index is 12.4. The molecule has 1 N–H and O–H groups in total. The number of para-hydroxylation sites is 1. The Morgan fingerprint density at radius 3 is 2.75 bits per heavy atom. The van der Waals surface area contributed by atoms with Gasteiger partial charge in [-0.3, -0.25) is 0 Å². The van der Waals surface area contributed by atoms with Crippen molar-refractivity contribution < 1.29 is 9.53 Å². The number of nitrogens with one attached hydrogen (secondary N) is 1. The minimum absolute atomic E-state index is 0.199. The molecule has 0 aromatic heterocycles. The van der Waals surface area contributed by atoms with Gasteiger partial charge in [0.05, 0.1) is 6.04 Å². The summed E-state index contributed by atoms with van der Waals surface area (Å²) in [6, 6.07) is 10.1. The van der Waals surface area contributed by atoms with Crippen molar-refractivity contribution in [1.82, 2.24) is 10.2 Å². The Balaban J connectivity index is 1.67. The molecule has 0 spiro atoms. The lowest BCUT2D eigenvalue weighted by atomic mass is 9.95. The van der Waals surface area contributed by atoms with Crippen LogP contribution >= 0.6 is 0 Å². The van der Waals surface area contributed by atoms with E-state index in [9.17, 15) is 4.79 Å². The number of carbonyl (C=O) groups excluding carboxylic acids is 1. The van der Waals surface area contributed by atoms with Crippen LogP contribution in [0.1, 0.15) is 32.1 Å². The number of nitrogens with zero attached hydrogens (tertiary/aromatic N) is 1. The molecule has 1 aromatic rings. The Morgan fingerprint density at radius 2 is 2.00 bits per heavy atom. The maximum atomic E-state index is 12.4. The van der Waals surface area contributed by atoms with Crippen LogP contribution in [0.4, 0.5) is 4.79 Å². The van der Waals surface area contributed by atoms with Gasteiger partial charge in [0.2, 0.25) is 0 Å². The van der Waals surface area contributed by atoms with Crippen molar-refractivity contribution in [3.05, 3.63) is 30.3 Å². The van der Waals surface area contributed by atoms with Crippen molar-refractivity contribution in [2.24, 2.45) is 0 Å². The van der Waals surface area contributed by atoms with Gasteiger partial charge in [-0.25, -0.2) is 4.79 Å². The average Bonchev–Trinajstić information content (AvgIpc) is 3.02. The molecule has 2 fully saturated rings. The van der Waals surface area contributed by atoms with Crippen molar-refractivity contribution >= 4 is 6.09 Å². The van der Waals surface area contributed by atoms with Gasteiger partial charge >= 0.3 is 6.09 Å². The minimum Gasteiger partial charge on any atom is -0.410 e. The first kappa shape index (κ1) is 13.4. The molecule has 2 aliphatic rings. The van der Waals surface area contributed by atoms with Crippen LogP contribution in [0, 0.1) is 0 Å². The molecule has 0 bridgehead atoms. The third-order valence-electron chi connectivity index (χ3n) is 4.30. The lowest BCUT2D eigenvalue weighted by Crippen LogP contribution is -2.53. The number of benzene rings is 1. The highest BCUT2D eigenvalue weighted by atomic mass is 16.6. The number of piperidine rings is 1. The van der Waals surface area contributed by atoms with E-state index < -0.39 is 0 Å². The molecule has 1 amide bonds. The smallest absolute Gasteiger partial charge is 0.410 e. The largest absolute Gasteiger partial charge is 0.415 e. The number of carbonyl (C=O) groups is 1. The zero-order valence-electron chi connectivity index (χ0n) is 11.8. The molecule has 2 saturated heterocycles. The van der Waals surface area contributed by atoms with Gasteiger partial charge in [0.25, 0.3) is 0 Å². The van der Waals surface area contributed by atoms with Gasteiger partial charge in [0, 0.05) is 12.6 Å². The van der Waals surface area contributed by atoms with Crippen molar-refractivity contribution in [2.45, 2.75) is 44.2 Å². The zero-order valence-corrected chi connectivity index (χ0v) is 11.8. The molecule has 2 heterocycles. The van der Waals surface area contributed by atoms with Crippen molar-refractivity contribution in [3.8, 4) is 5.75 Å². The topological polar surface area (TPSA) is 41.6 Å². The zero-order chi connectivity index (χ0) is 13.8. The third-order valence-corrected chi connectivity index (χ3v) is 4.30. The van der Waals surface area contributed by atoms with E-state index >= 15 is 0 Å². The molecule has 0 radical (unpaired) electrons. The normalized spacial score (nSPS) is 26.5. The second-order valence-corrected chi connectivity index (χ2v) is 5.64. The summed E-state index contributed by atoms with van der Waals surface area (Å²) in [6.45, 7) is 1.89. The number of rotatable bonds is 2. The molecular formula is C16H22N2O2. The molecule has 3 rings (SSSR count). The van der Waals surface area contributed by atoms with Gasteiger partial charge in [0.1, 0.15) is 5.75 Å². The van der Waals surface area contributed by atoms with Crippen LogP contribution in [-0.4, -0.2) is 36.2 Å². The Labute approximate surface area is 120 Å².